The Balaban J connectivity index is 0.000000362. The predicted molar refractivity (Wildman–Crippen MR) is 461 cm³/mol. The number of hydrogen-bond acceptors (Lipinski definition) is 21. The number of aliphatic carboxylic acids is 1. The van der Waals surface area contributed by atoms with E-state index in [2.05, 4.69) is 62.8 Å². The van der Waals surface area contributed by atoms with Crippen LogP contribution in [0.1, 0.15) is 246 Å². The standard InChI is InChI=1S/C64H88N10O16.C30H46O4/c1-27(2)44-53(78)35-19-17-21-37(35)61(84)71(13)25-40(75)73(15)50(29(5)6)63(86)88-33(11)46(59(82)67-44)69-57(80)39-24-23-31(9)55-48(39)66-49-42(43(65)52(77)32(10)56(49)90-55)58(81)70-47-34(12)89-64(87)51(30(7)8)74(16)41(76)26-72(14)62(85)38-22-18-20-36(38)54(79)45(28(3)4)68-60(47)83;1-25(2)21-8-11-30(7)23(28(21,5)10-9-22(25)32)20(31)16-18-19-17-27(4,24(33)34)13-12-26(19,3)14-15-29(18,30)6/h23-24,27-30,33-38,44-47,50-51H,17-22,25-26,65H2,1-16H3,(H,67,82)(H,68,83)(H,69,80)(H,70,81);16,19,21-23,32H,8-15,17H2,1-7H3,(H,33,34). The number of fused-ring (bicyclic) bond motifs is 11. The number of nitrogens with two attached hydrogens (primary N) is 1. The molecule has 21 unspecified atom stereocenters. The summed E-state index contributed by atoms with van der Waals surface area (Å²) in [7, 11) is 5.66. The van der Waals surface area contributed by atoms with Gasteiger partial charge in [-0.05, 0) is 198 Å². The highest BCUT2D eigenvalue weighted by molar-refractivity contribution is 6.11. The van der Waals surface area contributed by atoms with Gasteiger partial charge < -0.3 is 70.7 Å². The van der Waals surface area contributed by atoms with Gasteiger partial charge in [-0.3, -0.25) is 62.3 Å². The number of benzene rings is 2. The van der Waals surface area contributed by atoms with Crippen molar-refractivity contribution in [3.8, 4) is 11.5 Å². The number of carboxylic acid groups (broad SMARTS) is 1. The van der Waals surface area contributed by atoms with Crippen molar-refractivity contribution in [3.05, 3.63) is 56.3 Å². The highest BCUT2D eigenvalue weighted by Crippen LogP contribution is 2.75. The molecule has 8 aliphatic carbocycles. The number of aryl methyl sites for hydroxylation is 1. The number of aliphatic hydroxyl groups excluding tert-OH is 1. The summed E-state index contributed by atoms with van der Waals surface area (Å²) >= 11 is 0. The zero-order chi connectivity index (χ0) is 92.1. The molecule has 1 aromatic rings. The molecule has 0 bridgehead atoms. The van der Waals surface area contributed by atoms with Crippen LogP contribution in [0.2, 0.25) is 0 Å². The Hall–Kier alpha value is -9.48. The summed E-state index contributed by atoms with van der Waals surface area (Å²) in [6.07, 6.45) is 9.30. The van der Waals surface area contributed by atoms with Crippen LogP contribution in [0.15, 0.2) is 33.0 Å². The summed E-state index contributed by atoms with van der Waals surface area (Å²) in [4.78, 5) is 223. The molecular weight excluding hydrogens is 1590 g/mol. The largest absolute Gasteiger partial charge is 0.481 e. The van der Waals surface area contributed by atoms with Crippen LogP contribution in [0.25, 0.3) is 22.6 Å². The van der Waals surface area contributed by atoms with E-state index >= 15 is 9.59 Å². The van der Waals surface area contributed by atoms with Crippen molar-refractivity contribution in [1.29, 1.82) is 0 Å². The van der Waals surface area contributed by atoms with E-state index in [0.717, 1.165) is 61.2 Å². The molecule has 12 rings (SSSR count). The number of cyclic esters (lactones) is 2. The number of ketones is 3. The second-order valence-corrected chi connectivity index (χ2v) is 41.2. The SMILES string of the molecule is CC1(C(=O)O)CCC2(C)CCC3(C)C(=CC(=O)C4C5(C)CCC(O)C(C)(C)C5CCC43C)C2C1.Cc1c2oc3c(C)ccc(C(=O)NC4C(=O)NC(C(C)C)C(=O)C5CCCC5C(=O)N(C)CC(=O)N(C)C(C(C)C)C(=O)OC4C)c3nc-2c(C(=O)NC2C(=O)NC(C(C)C)C(=O)C3CCCC3C(=O)N(C)CC(=O)N(C)C(C(C)C)C(=O)OC2C)c(N)c1=O. The van der Waals surface area contributed by atoms with E-state index < -0.39 is 208 Å². The normalized spacial score (nSPS) is 35.0. The van der Waals surface area contributed by atoms with Gasteiger partial charge in [0.25, 0.3) is 11.8 Å². The summed E-state index contributed by atoms with van der Waals surface area (Å²) in [6.45, 7) is 34.1. The zero-order valence-corrected chi connectivity index (χ0v) is 76.9. The fraction of sp³-hybridized carbons (Fsp3) is 0.702. The lowest BCUT2D eigenvalue weighted by molar-refractivity contribution is -0.202. The van der Waals surface area contributed by atoms with Crippen LogP contribution >= 0.6 is 0 Å². The van der Waals surface area contributed by atoms with Crippen LogP contribution in [0, 0.1) is 111 Å². The van der Waals surface area contributed by atoms with Crippen molar-refractivity contribution in [1.82, 2.24) is 45.9 Å². The van der Waals surface area contributed by atoms with E-state index in [1.54, 1.807) is 62.3 Å². The average molecular weight is 1720 g/mol. The predicted octanol–water partition coefficient (Wildman–Crippen LogP) is 9.13. The Kier molecular flexibility index (Phi) is 27.2. The lowest BCUT2D eigenvalue weighted by Crippen LogP contribution is -2.66. The second-order valence-electron chi connectivity index (χ2n) is 41.2. The van der Waals surface area contributed by atoms with Crippen LogP contribution < -0.4 is 32.4 Å². The molecule has 3 aliphatic heterocycles. The van der Waals surface area contributed by atoms with Crippen molar-refractivity contribution in [2.24, 2.45) is 97.6 Å². The van der Waals surface area contributed by atoms with Crippen molar-refractivity contribution in [3.63, 3.8) is 0 Å². The van der Waals surface area contributed by atoms with Gasteiger partial charge in [-0.1, -0.05) is 121 Å². The van der Waals surface area contributed by atoms with E-state index in [9.17, 15) is 72.5 Å². The molecule has 680 valence electrons. The molecule has 0 aromatic heterocycles. The summed E-state index contributed by atoms with van der Waals surface area (Å²) in [5.41, 5.74) is 3.81. The molecule has 6 saturated carbocycles. The number of nitrogens with one attached hydrogen (secondary N) is 4. The van der Waals surface area contributed by atoms with Crippen molar-refractivity contribution < 1.29 is 91.2 Å². The third-order valence-corrected chi connectivity index (χ3v) is 31.4. The van der Waals surface area contributed by atoms with Crippen molar-refractivity contribution in [2.75, 3.05) is 47.0 Å². The molecule has 30 nitrogen and oxygen atoms in total. The van der Waals surface area contributed by atoms with E-state index in [1.807, 2.05) is 13.0 Å². The number of ether oxygens (including phenoxy) is 2. The number of carboxylic acids is 1. The van der Waals surface area contributed by atoms with Crippen LogP contribution in [0.5, 0.6) is 0 Å². The minimum Gasteiger partial charge on any atom is -0.481 e. The maximum atomic E-state index is 15.2. The first-order valence-electron chi connectivity index (χ1n) is 44.7. The minimum atomic E-state index is -1.86. The zero-order valence-electron chi connectivity index (χ0n) is 76.9. The first-order chi connectivity index (χ1) is 57.7. The first-order valence-corrected chi connectivity index (χ1v) is 44.7. The number of Topliss-reactive ketones (excluding diaryl/α,β-unsaturated/α-hetero) is 2. The fourth-order valence-corrected chi connectivity index (χ4v) is 23.5. The molecule has 124 heavy (non-hydrogen) atoms. The number of nitrogens with zero attached hydrogens (tertiary/aromatic N) is 5. The number of hydrogen-bond donors (Lipinski definition) is 7. The van der Waals surface area contributed by atoms with E-state index in [-0.39, 0.29) is 84.5 Å². The van der Waals surface area contributed by atoms with E-state index in [0.29, 0.717) is 56.4 Å². The highest BCUT2D eigenvalue weighted by Gasteiger charge is 2.71. The molecule has 0 radical (unpaired) electrons. The molecule has 2 saturated heterocycles. The van der Waals surface area contributed by atoms with Gasteiger partial charge in [0.05, 0.1) is 53.5 Å². The molecule has 8 fully saturated rings. The van der Waals surface area contributed by atoms with Crippen LogP contribution in [0.3, 0.4) is 0 Å². The summed E-state index contributed by atoms with van der Waals surface area (Å²) < 4.78 is 18.3. The van der Waals surface area contributed by atoms with Gasteiger partial charge in [-0.15, -0.1) is 0 Å². The Morgan fingerprint density at radius 2 is 1.08 bits per heavy atom. The number of likely N-dealkylation sites (N-methyl/N-ethyl adjacent to an activating group) is 4. The van der Waals surface area contributed by atoms with Gasteiger partial charge in [-0.25, -0.2) is 14.6 Å². The minimum absolute atomic E-state index is 0.0296. The Bertz CT molecular complexity index is 4870. The number of carbonyl (C=O) groups is 14. The second kappa shape index (κ2) is 35.4. The van der Waals surface area contributed by atoms with Crippen molar-refractivity contribution >= 4 is 99.3 Å². The first kappa shape index (κ1) is 95.2. The van der Waals surface area contributed by atoms with Gasteiger partial charge >= 0.3 is 17.9 Å². The quantitative estimate of drug-likeness (QED) is 0.0596. The van der Waals surface area contributed by atoms with Gasteiger partial charge in [0.2, 0.25) is 40.9 Å². The number of esters is 2. The Labute approximate surface area is 727 Å². The summed E-state index contributed by atoms with van der Waals surface area (Å²) in [5, 5.41) is 31.7. The number of rotatable bonds is 9. The Morgan fingerprint density at radius 3 is 1.56 bits per heavy atom. The van der Waals surface area contributed by atoms with Crippen LogP contribution in [-0.2, 0) is 67.0 Å². The lowest BCUT2D eigenvalue weighted by Gasteiger charge is -2.70. The number of allylic oxidation sites excluding steroid dienone is 2. The molecule has 1 aromatic carbocycles. The molecule has 30 heteroatoms. The molecule has 0 spiro atoms. The lowest BCUT2D eigenvalue weighted by atomic mass is 9.33. The van der Waals surface area contributed by atoms with E-state index in [4.69, 9.17) is 24.6 Å². The maximum absolute atomic E-state index is 15.2. The van der Waals surface area contributed by atoms with Gasteiger partial charge in [0.1, 0.15) is 47.6 Å². The fourth-order valence-electron chi connectivity index (χ4n) is 23.5. The summed E-state index contributed by atoms with van der Waals surface area (Å²) in [6, 6.07) is -5.71. The van der Waals surface area contributed by atoms with Gasteiger partial charge in [0.15, 0.2) is 28.7 Å². The van der Waals surface area contributed by atoms with Gasteiger partial charge in [0, 0.05) is 63.3 Å². The van der Waals surface area contributed by atoms with Crippen LogP contribution in [0.4, 0.5) is 5.69 Å². The molecule has 8 amide bonds. The van der Waals surface area contributed by atoms with Crippen LogP contribution in [-0.4, -0.2) is 213 Å². The van der Waals surface area contributed by atoms with Gasteiger partial charge in [-0.2, -0.15) is 0 Å². The number of aliphatic hydroxyl groups is 1. The number of amides is 8. The number of anilines is 1. The third-order valence-electron chi connectivity index (χ3n) is 31.4. The topological polar surface area (TPSA) is 428 Å². The average Bonchev–Trinajstić information content (AvgIpc) is 0.738. The monoisotopic (exact) mass is 1720 g/mol. The maximum Gasteiger partial charge on any atom is 0.329 e. The summed E-state index contributed by atoms with van der Waals surface area (Å²) in [5.74, 6) is -14.8. The van der Waals surface area contributed by atoms with E-state index in [1.165, 1.54) is 76.5 Å². The smallest absolute Gasteiger partial charge is 0.329 e. The molecular formula is C94H134N10O20. The molecule has 8 N–H and O–H groups in total. The Morgan fingerprint density at radius 1 is 0.605 bits per heavy atom. The highest BCUT2D eigenvalue weighted by atomic mass is 16.6. The number of nitrogen functional groups attached to an aromatic ring is 1. The van der Waals surface area contributed by atoms with Crippen molar-refractivity contribution in [2.45, 2.75) is 282 Å². The molecule has 21 atom stereocenters. The molecule has 11 aliphatic rings. The number of carbonyl (C=O) groups excluding carboxylic acids is 13. The molecule has 3 heterocycles. The number of aromatic nitrogens is 1. The third kappa shape index (κ3) is 16.9.